The van der Waals surface area contributed by atoms with Crippen molar-refractivity contribution in [3.05, 3.63) is 0 Å². The standard InChI is InChI=1S/C12H23O6P/c1-3-5-6-11(4-2)12-7-9-14-17-19(13,16-12)18-15-10-8-12/h11H,3-10H2,1-2H3. The molecule has 1 atom stereocenters. The number of hydrogen-bond acceptors (Lipinski definition) is 6. The maximum Gasteiger partial charge on any atom is 0.529 e. The lowest BCUT2D eigenvalue weighted by Gasteiger charge is -2.37. The van der Waals surface area contributed by atoms with Gasteiger partial charge in [0.05, 0.1) is 18.8 Å². The van der Waals surface area contributed by atoms with Gasteiger partial charge in [-0.25, -0.2) is 14.3 Å². The van der Waals surface area contributed by atoms with Crippen LogP contribution in [0.1, 0.15) is 52.4 Å². The predicted octanol–water partition coefficient (Wildman–Crippen LogP) is 3.77. The summed E-state index contributed by atoms with van der Waals surface area (Å²) in [5, 5.41) is 0. The first-order valence-electron chi connectivity index (χ1n) is 7.07. The summed E-state index contributed by atoms with van der Waals surface area (Å²) in [6.45, 7) is 5.00. The van der Waals surface area contributed by atoms with E-state index in [2.05, 4.69) is 13.8 Å². The number of unbranched alkanes of at least 4 members (excludes halogenated alkanes) is 1. The van der Waals surface area contributed by atoms with Crippen LogP contribution >= 0.6 is 7.82 Å². The Kier molecular flexibility index (Phi) is 5.40. The molecule has 6 nitrogen and oxygen atoms in total. The van der Waals surface area contributed by atoms with Gasteiger partial charge in [-0.15, -0.1) is 9.35 Å². The third-order valence-corrected chi connectivity index (χ3v) is 5.10. The Morgan fingerprint density at radius 3 is 2.32 bits per heavy atom. The Labute approximate surface area is 114 Å². The van der Waals surface area contributed by atoms with Crippen molar-refractivity contribution in [2.45, 2.75) is 58.0 Å². The molecule has 0 aliphatic carbocycles. The summed E-state index contributed by atoms with van der Waals surface area (Å²) in [6.07, 6.45) is 5.53. The molecule has 0 aromatic heterocycles. The fourth-order valence-electron chi connectivity index (χ4n) is 2.89. The molecule has 7 heteroatoms. The molecule has 0 N–H and O–H groups in total. The second kappa shape index (κ2) is 6.66. The van der Waals surface area contributed by atoms with Crippen molar-refractivity contribution in [2.24, 2.45) is 5.92 Å². The lowest BCUT2D eigenvalue weighted by Crippen LogP contribution is -2.40. The minimum absolute atomic E-state index is 0.302. The van der Waals surface area contributed by atoms with E-state index in [1.165, 1.54) is 0 Å². The number of fused-ring (bicyclic) bond motifs is 2. The fourth-order valence-corrected chi connectivity index (χ4v) is 4.16. The van der Waals surface area contributed by atoms with Gasteiger partial charge in [0.15, 0.2) is 0 Å². The van der Waals surface area contributed by atoms with Gasteiger partial charge in [0, 0.05) is 12.8 Å². The molecule has 2 aliphatic heterocycles. The Hall–Kier alpha value is 0.0300. The van der Waals surface area contributed by atoms with Crippen LogP contribution in [0.5, 0.6) is 0 Å². The molecule has 19 heavy (non-hydrogen) atoms. The van der Waals surface area contributed by atoms with Gasteiger partial charge in [-0.2, -0.15) is 0 Å². The molecule has 0 saturated carbocycles. The van der Waals surface area contributed by atoms with Gasteiger partial charge in [0.2, 0.25) is 0 Å². The smallest absolute Gasteiger partial charge is 0.277 e. The van der Waals surface area contributed by atoms with E-state index in [1.807, 2.05) is 0 Å². The van der Waals surface area contributed by atoms with Gasteiger partial charge in [0.25, 0.3) is 0 Å². The second-order valence-corrected chi connectivity index (χ2v) is 6.52. The summed E-state index contributed by atoms with van der Waals surface area (Å²) in [4.78, 5) is 9.80. The molecule has 0 aromatic carbocycles. The SMILES string of the molecule is CCCCC(CC)C12CCOOP(=O)(OOCC1)O2. The van der Waals surface area contributed by atoms with E-state index in [9.17, 15) is 4.57 Å². The van der Waals surface area contributed by atoms with Crippen molar-refractivity contribution < 1.29 is 28.2 Å². The maximum absolute atomic E-state index is 12.3. The summed E-state index contributed by atoms with van der Waals surface area (Å²) in [7, 11) is -3.76. The van der Waals surface area contributed by atoms with Crippen LogP contribution in [0, 0.1) is 5.92 Å². The summed E-state index contributed by atoms with van der Waals surface area (Å²) < 4.78 is 27.5. The van der Waals surface area contributed by atoms with Crippen molar-refractivity contribution in [1.82, 2.24) is 0 Å². The molecule has 2 fully saturated rings. The van der Waals surface area contributed by atoms with E-state index < -0.39 is 13.4 Å². The van der Waals surface area contributed by atoms with Crippen molar-refractivity contribution in [3.8, 4) is 0 Å². The van der Waals surface area contributed by atoms with Crippen molar-refractivity contribution in [3.63, 3.8) is 0 Å². The van der Waals surface area contributed by atoms with Crippen LogP contribution in [0.2, 0.25) is 0 Å². The molecule has 2 rings (SSSR count). The largest absolute Gasteiger partial charge is 0.529 e. The molecule has 0 radical (unpaired) electrons. The minimum atomic E-state index is -3.76. The van der Waals surface area contributed by atoms with Gasteiger partial charge in [-0.1, -0.05) is 33.1 Å². The highest BCUT2D eigenvalue weighted by Gasteiger charge is 2.50. The summed E-state index contributed by atoms with van der Waals surface area (Å²) in [6, 6.07) is 0. The van der Waals surface area contributed by atoms with E-state index >= 15 is 0 Å². The normalized spacial score (nSPS) is 37.4. The second-order valence-electron chi connectivity index (χ2n) is 5.14. The zero-order valence-corrected chi connectivity index (χ0v) is 12.5. The van der Waals surface area contributed by atoms with Gasteiger partial charge in [-0.3, -0.25) is 4.52 Å². The first kappa shape index (κ1) is 15.4. The number of rotatable bonds is 5. The van der Waals surface area contributed by atoms with Crippen LogP contribution in [0.4, 0.5) is 0 Å². The first-order valence-corrected chi connectivity index (χ1v) is 8.53. The minimum Gasteiger partial charge on any atom is -0.277 e. The van der Waals surface area contributed by atoms with Gasteiger partial charge < -0.3 is 0 Å². The molecular formula is C12H23O6P. The predicted molar refractivity (Wildman–Crippen MR) is 68.0 cm³/mol. The molecule has 1 unspecified atom stereocenters. The van der Waals surface area contributed by atoms with E-state index in [1.54, 1.807) is 0 Å². The molecule has 2 heterocycles. The molecule has 2 saturated heterocycles. The Morgan fingerprint density at radius 2 is 1.79 bits per heavy atom. The average molecular weight is 294 g/mol. The highest BCUT2D eigenvalue weighted by atomic mass is 31.2. The monoisotopic (exact) mass is 294 g/mol. The molecule has 0 spiro atoms. The molecule has 0 aromatic rings. The quantitative estimate of drug-likeness (QED) is 0.568. The van der Waals surface area contributed by atoms with E-state index in [-0.39, 0.29) is 0 Å². The van der Waals surface area contributed by atoms with Crippen molar-refractivity contribution in [1.29, 1.82) is 0 Å². The van der Waals surface area contributed by atoms with Crippen LogP contribution in [-0.4, -0.2) is 18.8 Å². The van der Waals surface area contributed by atoms with Gasteiger partial charge in [0.1, 0.15) is 0 Å². The maximum atomic E-state index is 12.3. The van der Waals surface area contributed by atoms with Gasteiger partial charge in [-0.05, 0) is 12.3 Å². The third-order valence-electron chi connectivity index (χ3n) is 3.94. The van der Waals surface area contributed by atoms with Crippen LogP contribution in [0.3, 0.4) is 0 Å². The zero-order valence-electron chi connectivity index (χ0n) is 11.6. The molecular weight excluding hydrogens is 271 g/mol. The summed E-state index contributed by atoms with van der Waals surface area (Å²) >= 11 is 0. The van der Waals surface area contributed by atoms with E-state index in [0.717, 1.165) is 25.7 Å². The first-order chi connectivity index (χ1) is 9.14. The van der Waals surface area contributed by atoms with E-state index in [0.29, 0.717) is 32.0 Å². The highest BCUT2D eigenvalue weighted by Crippen LogP contribution is 2.59. The van der Waals surface area contributed by atoms with Crippen LogP contribution in [0.15, 0.2) is 0 Å². The summed E-state index contributed by atoms with van der Waals surface area (Å²) in [5.41, 5.74) is -0.535. The fraction of sp³-hybridized carbons (Fsp3) is 1.00. The molecule has 2 aliphatic rings. The van der Waals surface area contributed by atoms with Crippen LogP contribution in [-0.2, 0) is 28.2 Å². The van der Waals surface area contributed by atoms with Crippen LogP contribution in [0.25, 0.3) is 0 Å². The van der Waals surface area contributed by atoms with Crippen molar-refractivity contribution in [2.75, 3.05) is 13.2 Å². The molecule has 0 amide bonds. The molecule has 2 bridgehead atoms. The zero-order chi connectivity index (χ0) is 13.8. The summed E-state index contributed by atoms with van der Waals surface area (Å²) in [5.74, 6) is 0.302. The Bertz CT molecular complexity index is 318. The van der Waals surface area contributed by atoms with E-state index in [4.69, 9.17) is 23.6 Å². The lowest BCUT2D eigenvalue weighted by molar-refractivity contribution is -0.271. The highest BCUT2D eigenvalue weighted by molar-refractivity contribution is 7.48. The Morgan fingerprint density at radius 1 is 1.16 bits per heavy atom. The molecule has 112 valence electrons. The number of hydrogen-bond donors (Lipinski definition) is 0. The van der Waals surface area contributed by atoms with Gasteiger partial charge >= 0.3 is 7.82 Å². The number of phosphoric acid groups is 1. The third kappa shape index (κ3) is 3.57. The Balaban J connectivity index is 2.21. The van der Waals surface area contributed by atoms with Crippen LogP contribution < -0.4 is 0 Å². The average Bonchev–Trinajstić information content (AvgIpc) is 2.67. The lowest BCUT2D eigenvalue weighted by atomic mass is 9.78. The van der Waals surface area contributed by atoms with Crippen molar-refractivity contribution >= 4 is 7.82 Å². The topological polar surface area (TPSA) is 63.2 Å².